The summed E-state index contributed by atoms with van der Waals surface area (Å²) in [5.41, 5.74) is 8.79. The van der Waals surface area contributed by atoms with E-state index in [4.69, 9.17) is 0 Å². The van der Waals surface area contributed by atoms with Crippen LogP contribution in [0.1, 0.15) is 93.7 Å². The number of anilines is 3. The van der Waals surface area contributed by atoms with Crippen LogP contribution in [0.5, 0.6) is 0 Å². The second kappa shape index (κ2) is 11.9. The first-order valence-corrected chi connectivity index (χ1v) is 20.0. The maximum absolute atomic E-state index is 2.52. The quantitative estimate of drug-likeness (QED) is 0.161. The first-order chi connectivity index (χ1) is 24.2. The molecular formula is C47H47NS. The number of hydrogen-bond acceptors (Lipinski definition) is 2. The normalized spacial score (nSPS) is 25.8. The van der Waals surface area contributed by atoms with Crippen molar-refractivity contribution in [3.05, 3.63) is 138 Å². The largest absolute Gasteiger partial charge is 0.310 e. The van der Waals surface area contributed by atoms with Crippen molar-refractivity contribution in [3.8, 4) is 0 Å². The molecule has 5 aliphatic rings. The molecule has 49 heavy (non-hydrogen) atoms. The van der Waals surface area contributed by atoms with Crippen molar-refractivity contribution in [3.63, 3.8) is 0 Å². The summed E-state index contributed by atoms with van der Waals surface area (Å²) in [5.74, 6) is 2.88. The van der Waals surface area contributed by atoms with Crippen LogP contribution in [-0.4, -0.2) is 0 Å². The lowest BCUT2D eigenvalue weighted by Crippen LogP contribution is -2.48. The molecule has 2 heteroatoms. The van der Waals surface area contributed by atoms with Gasteiger partial charge in [0.25, 0.3) is 0 Å². The fraction of sp³-hybridized carbons (Fsp3) is 0.362. The zero-order valence-corrected chi connectivity index (χ0v) is 29.4. The van der Waals surface area contributed by atoms with Crippen molar-refractivity contribution in [2.24, 2.45) is 17.8 Å². The second-order valence-electron chi connectivity index (χ2n) is 16.3. The molecule has 0 saturated heterocycles. The van der Waals surface area contributed by atoms with E-state index in [1.165, 1.54) is 125 Å². The third-order valence-corrected chi connectivity index (χ3v) is 14.5. The lowest BCUT2D eigenvalue weighted by molar-refractivity contribution is -0.00518. The molecule has 5 aromatic carbocycles. The van der Waals surface area contributed by atoms with Crippen LogP contribution in [-0.2, 0) is 10.8 Å². The van der Waals surface area contributed by atoms with Gasteiger partial charge in [0.2, 0.25) is 0 Å². The van der Waals surface area contributed by atoms with Crippen molar-refractivity contribution < 1.29 is 0 Å². The van der Waals surface area contributed by atoms with E-state index in [-0.39, 0.29) is 5.41 Å². The van der Waals surface area contributed by atoms with Gasteiger partial charge < -0.3 is 4.90 Å². The van der Waals surface area contributed by atoms with E-state index in [0.29, 0.717) is 5.41 Å². The smallest absolute Gasteiger partial charge is 0.0468 e. The van der Waals surface area contributed by atoms with Crippen molar-refractivity contribution in [1.29, 1.82) is 0 Å². The highest BCUT2D eigenvalue weighted by Gasteiger charge is 2.51. The molecule has 4 bridgehead atoms. The van der Waals surface area contributed by atoms with Crippen LogP contribution in [0.4, 0.5) is 17.1 Å². The maximum atomic E-state index is 2.52. The van der Waals surface area contributed by atoms with E-state index < -0.39 is 0 Å². The van der Waals surface area contributed by atoms with Crippen LogP contribution >= 0.6 is 11.3 Å². The van der Waals surface area contributed by atoms with Crippen molar-refractivity contribution in [1.82, 2.24) is 0 Å². The number of benzene rings is 5. The molecule has 1 heterocycles. The Morgan fingerprint density at radius 1 is 0.469 bits per heavy atom. The number of hydrogen-bond donors (Lipinski definition) is 0. The predicted molar refractivity (Wildman–Crippen MR) is 209 cm³/mol. The standard InChI is InChI=1S/C47H47NS/c1-2-9-25-47(24-8-1,37-10-4-3-5-11-37)38-16-20-40(21-17-38)48(41-22-23-45-43(29-41)42-12-6-7-13-44(42)49-45)39-18-14-36(15-19-39)46-30-33-26-34(31-46)28-35(27-33)32-46/h3-7,10-23,29,33-35H,1-2,8-9,24-28,30-32H2. The molecule has 0 atom stereocenters. The highest BCUT2D eigenvalue weighted by Crippen LogP contribution is 2.61. The van der Waals surface area contributed by atoms with E-state index in [2.05, 4.69) is 126 Å². The van der Waals surface area contributed by atoms with Gasteiger partial charge in [-0.1, -0.05) is 98.5 Å². The molecule has 246 valence electrons. The molecule has 0 spiro atoms. The topological polar surface area (TPSA) is 3.24 Å². The van der Waals surface area contributed by atoms with E-state index >= 15 is 0 Å². The van der Waals surface area contributed by atoms with Gasteiger partial charge in [-0.15, -0.1) is 11.3 Å². The van der Waals surface area contributed by atoms with Crippen LogP contribution < -0.4 is 4.90 Å². The van der Waals surface area contributed by atoms with E-state index in [9.17, 15) is 0 Å². The molecule has 5 saturated carbocycles. The van der Waals surface area contributed by atoms with Gasteiger partial charge >= 0.3 is 0 Å². The SMILES string of the molecule is c1ccc(C2(c3ccc(N(c4ccc(C56CC7CC(CC(C7)C5)C6)cc4)c4ccc5sc6ccccc6c5c4)cc3)CCCCCC2)cc1. The molecule has 1 nitrogen and oxygen atoms in total. The van der Waals surface area contributed by atoms with Gasteiger partial charge in [-0.2, -0.15) is 0 Å². The Kier molecular flexibility index (Phi) is 7.27. The van der Waals surface area contributed by atoms with Gasteiger partial charge in [-0.25, -0.2) is 0 Å². The molecule has 0 radical (unpaired) electrons. The molecule has 0 amide bonds. The van der Waals surface area contributed by atoms with E-state index in [0.717, 1.165) is 17.8 Å². The number of fused-ring (bicyclic) bond motifs is 3. The Morgan fingerprint density at radius 2 is 1.00 bits per heavy atom. The van der Waals surface area contributed by atoms with Gasteiger partial charge in [0, 0.05) is 42.6 Å². The molecule has 11 rings (SSSR count). The van der Waals surface area contributed by atoms with E-state index in [1.54, 1.807) is 5.56 Å². The Labute approximate surface area is 296 Å². The molecule has 6 aromatic rings. The lowest BCUT2D eigenvalue weighted by atomic mass is 9.48. The van der Waals surface area contributed by atoms with Crippen molar-refractivity contribution in [2.75, 3.05) is 4.90 Å². The first-order valence-electron chi connectivity index (χ1n) is 19.1. The summed E-state index contributed by atoms with van der Waals surface area (Å²) in [6.07, 6.45) is 16.5. The Hall–Kier alpha value is -3.88. The Bertz CT molecular complexity index is 2060. The monoisotopic (exact) mass is 657 g/mol. The fourth-order valence-electron chi connectivity index (χ4n) is 11.5. The summed E-state index contributed by atoms with van der Waals surface area (Å²) in [4.78, 5) is 2.52. The van der Waals surface area contributed by atoms with Crippen LogP contribution in [0.3, 0.4) is 0 Å². The summed E-state index contributed by atoms with van der Waals surface area (Å²) in [6.45, 7) is 0. The van der Waals surface area contributed by atoms with Crippen LogP contribution in [0.15, 0.2) is 121 Å². The van der Waals surface area contributed by atoms with Gasteiger partial charge in [-0.3, -0.25) is 0 Å². The van der Waals surface area contributed by atoms with Gasteiger partial charge in [0.15, 0.2) is 0 Å². The summed E-state index contributed by atoms with van der Waals surface area (Å²) in [6, 6.07) is 47.0. The minimum absolute atomic E-state index is 0.0924. The van der Waals surface area contributed by atoms with Crippen molar-refractivity contribution in [2.45, 2.75) is 87.9 Å². The molecule has 1 aromatic heterocycles. The van der Waals surface area contributed by atoms with Crippen LogP contribution in [0.2, 0.25) is 0 Å². The molecule has 0 aliphatic heterocycles. The molecule has 5 fully saturated rings. The fourth-order valence-corrected chi connectivity index (χ4v) is 12.6. The second-order valence-corrected chi connectivity index (χ2v) is 17.4. The maximum Gasteiger partial charge on any atom is 0.0468 e. The van der Waals surface area contributed by atoms with Crippen LogP contribution in [0.25, 0.3) is 20.2 Å². The highest BCUT2D eigenvalue weighted by atomic mass is 32.1. The van der Waals surface area contributed by atoms with Gasteiger partial charge in [0.1, 0.15) is 0 Å². The average molecular weight is 658 g/mol. The third kappa shape index (κ3) is 5.08. The van der Waals surface area contributed by atoms with Crippen LogP contribution in [0, 0.1) is 17.8 Å². The first kappa shape index (κ1) is 30.0. The number of rotatable bonds is 6. The number of thiophene rings is 1. The summed E-state index contributed by atoms with van der Waals surface area (Å²) >= 11 is 1.90. The summed E-state index contributed by atoms with van der Waals surface area (Å²) < 4.78 is 2.72. The van der Waals surface area contributed by atoms with Crippen molar-refractivity contribution >= 4 is 48.6 Å². The molecule has 5 aliphatic carbocycles. The average Bonchev–Trinajstić information content (AvgIpc) is 3.32. The Morgan fingerprint density at radius 3 is 1.65 bits per heavy atom. The van der Waals surface area contributed by atoms with Gasteiger partial charge in [-0.05, 0) is 140 Å². The minimum Gasteiger partial charge on any atom is -0.310 e. The summed E-state index contributed by atoms with van der Waals surface area (Å²) in [5, 5.41) is 2.71. The molecular weight excluding hydrogens is 611 g/mol. The minimum atomic E-state index is 0.0924. The Balaban J connectivity index is 1.07. The zero-order valence-electron chi connectivity index (χ0n) is 28.6. The zero-order chi connectivity index (χ0) is 32.4. The summed E-state index contributed by atoms with van der Waals surface area (Å²) in [7, 11) is 0. The molecule has 0 unspecified atom stereocenters. The van der Waals surface area contributed by atoms with Gasteiger partial charge in [0.05, 0.1) is 0 Å². The number of nitrogens with zero attached hydrogens (tertiary/aromatic N) is 1. The third-order valence-electron chi connectivity index (χ3n) is 13.4. The lowest BCUT2D eigenvalue weighted by Gasteiger charge is -2.57. The highest BCUT2D eigenvalue weighted by molar-refractivity contribution is 7.25. The molecule has 0 N–H and O–H groups in total. The van der Waals surface area contributed by atoms with E-state index in [1.807, 2.05) is 11.3 Å². The predicted octanol–water partition coefficient (Wildman–Crippen LogP) is 13.6.